The van der Waals surface area contributed by atoms with E-state index >= 15 is 0 Å². The highest BCUT2D eigenvalue weighted by Gasteiger charge is 2.56. The van der Waals surface area contributed by atoms with Gasteiger partial charge in [0.2, 0.25) is 0 Å². The van der Waals surface area contributed by atoms with Gasteiger partial charge in [0.1, 0.15) is 0 Å². The van der Waals surface area contributed by atoms with Crippen LogP contribution in [0.2, 0.25) is 0 Å². The molecule has 6 rings (SSSR count). The van der Waals surface area contributed by atoms with Gasteiger partial charge in [0.05, 0.1) is 0 Å². The maximum absolute atomic E-state index is 2.60. The van der Waals surface area contributed by atoms with Gasteiger partial charge in [0.25, 0.3) is 0 Å². The van der Waals surface area contributed by atoms with Crippen LogP contribution in [0, 0.1) is 33.5 Å². The number of hydrogen-bond acceptors (Lipinski definition) is 0. The van der Waals surface area contributed by atoms with Crippen LogP contribution in [0.3, 0.4) is 0 Å². The zero-order valence-electron chi connectivity index (χ0n) is 33.6. The molecule has 0 radical (unpaired) electrons. The van der Waals surface area contributed by atoms with Crippen molar-refractivity contribution in [2.24, 2.45) is 33.5 Å². The summed E-state index contributed by atoms with van der Waals surface area (Å²) in [5, 5.41) is 0. The molecule has 0 spiro atoms. The van der Waals surface area contributed by atoms with Gasteiger partial charge in [-0.1, -0.05) is 146 Å². The summed E-state index contributed by atoms with van der Waals surface area (Å²) in [5.74, 6) is 2.94. The van der Waals surface area contributed by atoms with E-state index in [1.54, 1.807) is 22.3 Å². The molecular weight excluding hydrogens is 565 g/mol. The molecule has 0 heterocycles. The van der Waals surface area contributed by atoms with E-state index in [4.69, 9.17) is 0 Å². The Morgan fingerprint density at radius 1 is 0.617 bits per heavy atom. The first-order valence-electron chi connectivity index (χ1n) is 19.9. The van der Waals surface area contributed by atoms with Crippen LogP contribution in [-0.2, 0) is 23.7 Å². The Labute approximate surface area is 292 Å². The predicted octanol–water partition coefficient (Wildman–Crippen LogP) is 14.1. The zero-order chi connectivity index (χ0) is 34.8. The van der Waals surface area contributed by atoms with Crippen LogP contribution < -0.4 is 0 Å². The van der Waals surface area contributed by atoms with E-state index in [2.05, 4.69) is 133 Å². The quantitative estimate of drug-likeness (QED) is 0.314. The first-order valence-corrected chi connectivity index (χ1v) is 19.9. The SMILES string of the molecule is CC(C)c1ccc2c(c1)CCC1C(C)(CC(C)(C)C)CCCC21C.CC(C)c1ccc2c(c1)CCC1C2(C)CCCC1(C)C(C)(C)C. The molecule has 2 aromatic carbocycles. The fourth-order valence-electron chi connectivity index (χ4n) is 12.2. The van der Waals surface area contributed by atoms with E-state index in [9.17, 15) is 0 Å². The van der Waals surface area contributed by atoms with Crippen molar-refractivity contribution in [2.75, 3.05) is 0 Å². The molecule has 4 aliphatic carbocycles. The molecule has 2 saturated carbocycles. The Balaban J connectivity index is 0.000000185. The molecule has 262 valence electrons. The molecule has 0 heteroatoms. The van der Waals surface area contributed by atoms with Gasteiger partial charge in [0.15, 0.2) is 0 Å². The standard InChI is InChI=1S/C24H38.C23H36/c1-17(2)18-9-11-20-19(15-18)10-12-21-23(6,16-22(3,4)5)13-8-14-24(20,21)7;1-16(2)17-9-11-19-18(15-17)10-12-20-22(19,6)13-8-14-23(20,7)21(3,4)5/h9,11,15,17,21H,8,10,12-14,16H2,1-7H3;9,11,15-16,20H,8,10,12-14H2,1-7H3. The van der Waals surface area contributed by atoms with E-state index < -0.39 is 0 Å². The van der Waals surface area contributed by atoms with Crippen molar-refractivity contribution in [3.05, 3.63) is 69.8 Å². The van der Waals surface area contributed by atoms with Crippen molar-refractivity contribution in [1.82, 2.24) is 0 Å². The van der Waals surface area contributed by atoms with Crippen LogP contribution in [0.25, 0.3) is 0 Å². The molecule has 0 bridgehead atoms. The van der Waals surface area contributed by atoms with Crippen LogP contribution in [-0.4, -0.2) is 0 Å². The first-order chi connectivity index (χ1) is 21.6. The average molecular weight is 639 g/mol. The highest BCUT2D eigenvalue weighted by atomic mass is 14.6. The van der Waals surface area contributed by atoms with Gasteiger partial charge in [-0.3, -0.25) is 0 Å². The fourth-order valence-corrected chi connectivity index (χ4v) is 12.2. The first kappa shape index (κ1) is 36.7. The normalized spacial score (nSPS) is 33.7. The molecule has 4 aliphatic rings. The number of benzene rings is 2. The topological polar surface area (TPSA) is 0 Å². The van der Waals surface area contributed by atoms with Gasteiger partial charge in [-0.05, 0) is 147 Å². The average Bonchev–Trinajstić information content (AvgIpc) is 2.95. The maximum Gasteiger partial charge on any atom is -0.00388 e. The highest BCUT2D eigenvalue weighted by molar-refractivity contribution is 5.43. The summed E-state index contributed by atoms with van der Waals surface area (Å²) in [6.07, 6.45) is 15.0. The molecule has 6 atom stereocenters. The molecule has 0 N–H and O–H groups in total. The van der Waals surface area contributed by atoms with Crippen molar-refractivity contribution in [3.63, 3.8) is 0 Å². The van der Waals surface area contributed by atoms with Crippen molar-refractivity contribution in [3.8, 4) is 0 Å². The summed E-state index contributed by atoms with van der Waals surface area (Å²) in [6, 6.07) is 14.8. The Bertz CT molecular complexity index is 1410. The van der Waals surface area contributed by atoms with Crippen molar-refractivity contribution < 1.29 is 0 Å². The lowest BCUT2D eigenvalue weighted by Gasteiger charge is -2.60. The van der Waals surface area contributed by atoms with Gasteiger partial charge < -0.3 is 0 Å². The van der Waals surface area contributed by atoms with Gasteiger partial charge in [-0.15, -0.1) is 0 Å². The minimum Gasteiger partial charge on any atom is -0.0602 e. The molecule has 0 aliphatic heterocycles. The Kier molecular flexibility index (Phi) is 9.88. The van der Waals surface area contributed by atoms with Crippen LogP contribution in [0.4, 0.5) is 0 Å². The number of aryl methyl sites for hydroxylation is 2. The minimum absolute atomic E-state index is 0.378. The van der Waals surface area contributed by atoms with E-state index in [1.807, 2.05) is 0 Å². The third-order valence-corrected chi connectivity index (χ3v) is 14.9. The Morgan fingerprint density at radius 3 is 1.51 bits per heavy atom. The third kappa shape index (κ3) is 6.68. The minimum atomic E-state index is 0.378. The summed E-state index contributed by atoms with van der Waals surface area (Å²) in [6.45, 7) is 34.3. The van der Waals surface area contributed by atoms with Crippen molar-refractivity contribution >= 4 is 0 Å². The molecule has 47 heavy (non-hydrogen) atoms. The second-order valence-electron chi connectivity index (χ2n) is 20.9. The summed E-state index contributed by atoms with van der Waals surface area (Å²) in [7, 11) is 0. The summed E-state index contributed by atoms with van der Waals surface area (Å²) in [4.78, 5) is 0. The van der Waals surface area contributed by atoms with Crippen LogP contribution in [0.1, 0.15) is 200 Å². The van der Waals surface area contributed by atoms with E-state index in [0.717, 1.165) is 11.8 Å². The monoisotopic (exact) mass is 639 g/mol. The second kappa shape index (κ2) is 12.6. The molecular formula is C47H74. The van der Waals surface area contributed by atoms with Crippen molar-refractivity contribution in [2.45, 2.75) is 190 Å². The summed E-state index contributed by atoms with van der Waals surface area (Å²) in [5.41, 5.74) is 12.2. The number of hydrogen-bond donors (Lipinski definition) is 0. The lowest BCUT2D eigenvalue weighted by Crippen LogP contribution is -2.54. The largest absolute Gasteiger partial charge is 0.0602 e. The van der Waals surface area contributed by atoms with Gasteiger partial charge >= 0.3 is 0 Å². The van der Waals surface area contributed by atoms with Crippen molar-refractivity contribution in [1.29, 1.82) is 0 Å². The Hall–Kier alpha value is -1.56. The lowest BCUT2D eigenvalue weighted by molar-refractivity contribution is -0.0566. The second-order valence-corrected chi connectivity index (χ2v) is 20.9. The van der Waals surface area contributed by atoms with Gasteiger partial charge in [0, 0.05) is 0 Å². The van der Waals surface area contributed by atoms with E-state index in [1.165, 1.54) is 81.8 Å². The molecule has 0 amide bonds. The molecule has 2 aromatic rings. The van der Waals surface area contributed by atoms with Crippen LogP contribution in [0.15, 0.2) is 36.4 Å². The van der Waals surface area contributed by atoms with E-state index in [0.29, 0.717) is 44.3 Å². The van der Waals surface area contributed by atoms with Crippen LogP contribution in [0.5, 0.6) is 0 Å². The Morgan fingerprint density at radius 2 is 1.06 bits per heavy atom. The fraction of sp³-hybridized carbons (Fsp3) is 0.745. The third-order valence-electron chi connectivity index (χ3n) is 14.9. The smallest absolute Gasteiger partial charge is 0.00388 e. The maximum atomic E-state index is 2.60. The molecule has 0 aromatic heterocycles. The van der Waals surface area contributed by atoms with Gasteiger partial charge in [-0.2, -0.15) is 0 Å². The summed E-state index contributed by atoms with van der Waals surface area (Å²) >= 11 is 0. The molecule has 0 nitrogen and oxygen atoms in total. The molecule has 2 fully saturated rings. The van der Waals surface area contributed by atoms with Gasteiger partial charge in [-0.25, -0.2) is 0 Å². The lowest BCUT2D eigenvalue weighted by atomic mass is 9.44. The number of rotatable bonds is 3. The highest BCUT2D eigenvalue weighted by Crippen LogP contribution is 2.63. The van der Waals surface area contributed by atoms with Crippen LogP contribution >= 0.6 is 0 Å². The predicted molar refractivity (Wildman–Crippen MR) is 207 cm³/mol. The van der Waals surface area contributed by atoms with E-state index in [-0.39, 0.29) is 0 Å². The molecule has 0 saturated heterocycles. The summed E-state index contributed by atoms with van der Waals surface area (Å²) < 4.78 is 0. The molecule has 6 unspecified atom stereocenters. The number of fused-ring (bicyclic) bond motifs is 6. The zero-order valence-corrected chi connectivity index (χ0v) is 33.6.